The van der Waals surface area contributed by atoms with Crippen LogP contribution >= 0.6 is 0 Å². The highest BCUT2D eigenvalue weighted by Crippen LogP contribution is 2.41. The van der Waals surface area contributed by atoms with Crippen LogP contribution in [0.1, 0.15) is 25.0 Å². The Hall–Kier alpha value is -2.05. The van der Waals surface area contributed by atoms with E-state index < -0.39 is 5.41 Å². The number of nitrogens with zero attached hydrogens (tertiary/aromatic N) is 2. The number of H-pyrrole nitrogens is 1. The molecule has 0 bridgehead atoms. The number of rotatable bonds is 5. The first kappa shape index (κ1) is 12.4. The second-order valence-electron chi connectivity index (χ2n) is 4.50. The largest absolute Gasteiger partial charge is 0.409 e. The lowest BCUT2D eigenvalue weighted by Crippen LogP contribution is -2.54. The molecule has 0 radical (unpaired) electrons. The average Bonchev–Trinajstić information content (AvgIpc) is 2.80. The number of nitrogens with one attached hydrogen (secondary N) is 2. The van der Waals surface area contributed by atoms with E-state index in [1.165, 1.54) is 0 Å². The minimum atomic E-state index is -0.803. The fourth-order valence-electron chi connectivity index (χ4n) is 2.13. The second-order valence-corrected chi connectivity index (χ2v) is 4.50. The maximum absolute atomic E-state index is 12.1. The summed E-state index contributed by atoms with van der Waals surface area (Å²) in [6, 6.07) is 0. The number of aromatic amines is 1. The van der Waals surface area contributed by atoms with Crippen molar-refractivity contribution >= 4 is 11.7 Å². The van der Waals surface area contributed by atoms with Gasteiger partial charge in [-0.3, -0.25) is 4.79 Å². The molecule has 0 unspecified atom stereocenters. The number of oxime groups is 1. The van der Waals surface area contributed by atoms with Gasteiger partial charge in [0.05, 0.1) is 6.33 Å². The van der Waals surface area contributed by atoms with Crippen LogP contribution in [0.5, 0.6) is 0 Å². The lowest BCUT2D eigenvalue weighted by molar-refractivity contribution is -0.131. The van der Waals surface area contributed by atoms with Gasteiger partial charge >= 0.3 is 0 Å². The molecule has 0 aliphatic heterocycles. The fourth-order valence-corrected chi connectivity index (χ4v) is 2.13. The molecule has 1 aromatic rings. The summed E-state index contributed by atoms with van der Waals surface area (Å²) in [5.41, 5.74) is 5.76. The number of nitrogens with two attached hydrogens (primary N) is 1. The SMILES string of the molecule is NC(=NO)C1(C(=O)NCCc2cnc[nH]2)CCC1. The predicted octanol–water partition coefficient (Wildman–Crippen LogP) is -0.0149. The summed E-state index contributed by atoms with van der Waals surface area (Å²) < 4.78 is 0. The molecule has 0 saturated heterocycles. The highest BCUT2D eigenvalue weighted by Gasteiger charge is 2.48. The van der Waals surface area contributed by atoms with E-state index in [-0.39, 0.29) is 11.7 Å². The van der Waals surface area contributed by atoms with Crippen LogP contribution in [-0.2, 0) is 11.2 Å². The van der Waals surface area contributed by atoms with E-state index in [2.05, 4.69) is 20.4 Å². The maximum atomic E-state index is 12.1. The molecule has 1 aromatic heterocycles. The average molecular weight is 251 g/mol. The third kappa shape index (κ3) is 2.15. The minimum absolute atomic E-state index is 0.00721. The van der Waals surface area contributed by atoms with Crippen LogP contribution in [0.2, 0.25) is 0 Å². The molecule has 0 spiro atoms. The number of carbonyl (C=O) groups is 1. The summed E-state index contributed by atoms with van der Waals surface area (Å²) in [6.45, 7) is 0.501. The number of hydrogen-bond donors (Lipinski definition) is 4. The Bertz CT molecular complexity index is 436. The van der Waals surface area contributed by atoms with Crippen molar-refractivity contribution in [3.63, 3.8) is 0 Å². The Labute approximate surface area is 104 Å². The first-order valence-electron chi connectivity index (χ1n) is 5.92. The Morgan fingerprint density at radius 2 is 2.44 bits per heavy atom. The number of amidine groups is 1. The third-order valence-corrected chi connectivity index (χ3v) is 3.47. The van der Waals surface area contributed by atoms with E-state index >= 15 is 0 Å². The Balaban J connectivity index is 1.87. The maximum Gasteiger partial charge on any atom is 0.233 e. The van der Waals surface area contributed by atoms with E-state index in [9.17, 15) is 4.79 Å². The van der Waals surface area contributed by atoms with Gasteiger partial charge < -0.3 is 21.2 Å². The number of aromatic nitrogens is 2. The molecule has 5 N–H and O–H groups in total. The van der Waals surface area contributed by atoms with E-state index in [4.69, 9.17) is 10.9 Å². The Morgan fingerprint density at radius 1 is 1.67 bits per heavy atom. The fraction of sp³-hybridized carbons (Fsp3) is 0.545. The predicted molar refractivity (Wildman–Crippen MR) is 65.0 cm³/mol. The Morgan fingerprint density at radius 3 is 2.94 bits per heavy atom. The molecular formula is C11H17N5O2. The topological polar surface area (TPSA) is 116 Å². The summed E-state index contributed by atoms with van der Waals surface area (Å²) in [4.78, 5) is 18.9. The molecule has 1 aliphatic rings. The lowest BCUT2D eigenvalue weighted by atomic mass is 9.67. The van der Waals surface area contributed by atoms with Crippen molar-refractivity contribution in [2.45, 2.75) is 25.7 Å². The number of carbonyl (C=O) groups excluding carboxylic acids is 1. The van der Waals surface area contributed by atoms with E-state index in [1.54, 1.807) is 12.5 Å². The first-order valence-corrected chi connectivity index (χ1v) is 5.92. The van der Waals surface area contributed by atoms with Crippen molar-refractivity contribution < 1.29 is 10.0 Å². The smallest absolute Gasteiger partial charge is 0.233 e. The van der Waals surface area contributed by atoms with Gasteiger partial charge in [0.15, 0.2) is 5.84 Å². The van der Waals surface area contributed by atoms with Gasteiger partial charge in [0.1, 0.15) is 5.41 Å². The quantitative estimate of drug-likeness (QED) is 0.255. The van der Waals surface area contributed by atoms with E-state index in [1.807, 2.05) is 0 Å². The van der Waals surface area contributed by atoms with Gasteiger partial charge in [-0.25, -0.2) is 4.98 Å². The van der Waals surface area contributed by atoms with Crippen LogP contribution in [0.4, 0.5) is 0 Å². The van der Waals surface area contributed by atoms with Gasteiger partial charge in [-0.05, 0) is 12.8 Å². The van der Waals surface area contributed by atoms with Gasteiger partial charge in [-0.15, -0.1) is 0 Å². The molecule has 1 heterocycles. The van der Waals surface area contributed by atoms with E-state index in [0.717, 1.165) is 12.1 Å². The van der Waals surface area contributed by atoms with Gasteiger partial charge in [-0.2, -0.15) is 0 Å². The summed E-state index contributed by atoms with van der Waals surface area (Å²) in [5.74, 6) is -0.156. The normalized spacial score (nSPS) is 18.1. The van der Waals surface area contributed by atoms with Crippen LogP contribution in [0, 0.1) is 5.41 Å². The lowest BCUT2D eigenvalue weighted by Gasteiger charge is -2.38. The van der Waals surface area contributed by atoms with Crippen LogP contribution < -0.4 is 11.1 Å². The highest BCUT2D eigenvalue weighted by atomic mass is 16.4. The summed E-state index contributed by atoms with van der Waals surface area (Å²) >= 11 is 0. The van der Waals surface area contributed by atoms with E-state index in [0.29, 0.717) is 25.8 Å². The van der Waals surface area contributed by atoms with Gasteiger partial charge in [0.25, 0.3) is 0 Å². The van der Waals surface area contributed by atoms with Crippen molar-refractivity contribution in [1.29, 1.82) is 0 Å². The summed E-state index contributed by atoms with van der Waals surface area (Å²) in [7, 11) is 0. The van der Waals surface area contributed by atoms with Crippen molar-refractivity contribution in [1.82, 2.24) is 15.3 Å². The van der Waals surface area contributed by atoms with Crippen molar-refractivity contribution in [3.05, 3.63) is 18.2 Å². The third-order valence-electron chi connectivity index (χ3n) is 3.47. The van der Waals surface area contributed by atoms with Gasteiger partial charge in [0.2, 0.25) is 5.91 Å². The number of imidazole rings is 1. The van der Waals surface area contributed by atoms with Crippen molar-refractivity contribution in [2.75, 3.05) is 6.54 Å². The number of amides is 1. The molecule has 7 nitrogen and oxygen atoms in total. The molecule has 1 aliphatic carbocycles. The van der Waals surface area contributed by atoms with Crippen LogP contribution in [0.25, 0.3) is 0 Å². The minimum Gasteiger partial charge on any atom is -0.409 e. The Kier molecular flexibility index (Phi) is 3.50. The number of hydrogen-bond acceptors (Lipinski definition) is 4. The molecule has 7 heteroatoms. The molecule has 0 atom stereocenters. The standard InChI is InChI=1S/C11H17N5O2/c12-9(16-18)11(3-1-4-11)10(17)14-5-2-8-6-13-7-15-8/h6-7,18H,1-5H2,(H2,12,16)(H,13,15)(H,14,17). The van der Waals surface area contributed by atoms with Crippen molar-refractivity contribution in [2.24, 2.45) is 16.3 Å². The van der Waals surface area contributed by atoms with Gasteiger partial charge in [-0.1, -0.05) is 11.6 Å². The molecule has 1 saturated carbocycles. The van der Waals surface area contributed by atoms with Crippen LogP contribution in [-0.4, -0.2) is 33.5 Å². The molecular weight excluding hydrogens is 234 g/mol. The van der Waals surface area contributed by atoms with Gasteiger partial charge in [0, 0.05) is 24.9 Å². The molecule has 18 heavy (non-hydrogen) atoms. The molecule has 1 fully saturated rings. The monoisotopic (exact) mass is 251 g/mol. The zero-order valence-corrected chi connectivity index (χ0v) is 10.0. The zero-order valence-electron chi connectivity index (χ0n) is 10.0. The highest BCUT2D eigenvalue weighted by molar-refractivity contribution is 6.07. The zero-order chi connectivity index (χ0) is 13.0. The van der Waals surface area contributed by atoms with Crippen LogP contribution in [0.15, 0.2) is 17.7 Å². The summed E-state index contributed by atoms with van der Waals surface area (Å²) in [5, 5.41) is 14.5. The molecule has 1 amide bonds. The molecule has 98 valence electrons. The van der Waals surface area contributed by atoms with Crippen LogP contribution in [0.3, 0.4) is 0 Å². The molecule has 0 aromatic carbocycles. The first-order chi connectivity index (χ1) is 8.69. The second kappa shape index (κ2) is 5.07. The van der Waals surface area contributed by atoms with Crippen molar-refractivity contribution in [3.8, 4) is 0 Å². The molecule has 2 rings (SSSR count). The summed E-state index contributed by atoms with van der Waals surface area (Å²) in [6.07, 6.45) is 6.19.